The first-order valence-electron chi connectivity index (χ1n) is 8.30. The van der Waals surface area contributed by atoms with Crippen molar-refractivity contribution in [1.82, 2.24) is 15.5 Å². The normalized spacial score (nSPS) is 13.2. The molecule has 9 heteroatoms. The highest BCUT2D eigenvalue weighted by atomic mass is 16.5. The molecule has 0 aliphatic heterocycles. The summed E-state index contributed by atoms with van der Waals surface area (Å²) < 4.78 is 4.82. The molecule has 2 amide bonds. The van der Waals surface area contributed by atoms with E-state index in [0.717, 1.165) is 0 Å². The van der Waals surface area contributed by atoms with E-state index in [0.29, 0.717) is 12.8 Å². The molecule has 0 radical (unpaired) electrons. The van der Waals surface area contributed by atoms with Crippen molar-refractivity contribution >= 4 is 23.6 Å². The molecule has 1 aromatic rings. The minimum atomic E-state index is -1.16. The molecule has 0 aliphatic carbocycles. The molecule has 2 unspecified atom stereocenters. The number of nitrogens with one attached hydrogen (secondary N) is 3. The Labute approximate surface area is 146 Å². The quantitative estimate of drug-likeness (QED) is 0.485. The number of esters is 1. The first kappa shape index (κ1) is 20.6. The van der Waals surface area contributed by atoms with Gasteiger partial charge in [0.2, 0.25) is 11.8 Å². The number of aliphatic hydroxyl groups excluding tert-OH is 1. The molecule has 25 heavy (non-hydrogen) atoms. The Morgan fingerprint density at radius 2 is 1.96 bits per heavy atom. The second-order valence-corrected chi connectivity index (χ2v) is 5.99. The minimum absolute atomic E-state index is 0.113. The highest BCUT2D eigenvalue weighted by Gasteiger charge is 2.24. The van der Waals surface area contributed by atoms with Gasteiger partial charge < -0.3 is 20.5 Å². The number of aromatic nitrogens is 2. The van der Waals surface area contributed by atoms with Gasteiger partial charge in [-0.3, -0.25) is 14.7 Å². The van der Waals surface area contributed by atoms with E-state index in [-0.39, 0.29) is 24.0 Å². The molecule has 0 saturated heterocycles. The number of carbonyl (C=O) groups excluding carboxylic acids is 3. The van der Waals surface area contributed by atoms with Gasteiger partial charge in [-0.25, -0.2) is 4.79 Å². The van der Waals surface area contributed by atoms with E-state index in [1.165, 1.54) is 6.07 Å². The van der Waals surface area contributed by atoms with Gasteiger partial charge in [-0.05, 0) is 25.7 Å². The van der Waals surface area contributed by atoms with Crippen LogP contribution in [0.15, 0.2) is 6.07 Å². The summed E-state index contributed by atoms with van der Waals surface area (Å²) in [5, 5.41) is 21.1. The second kappa shape index (κ2) is 9.77. The Bertz CT molecular complexity index is 599. The van der Waals surface area contributed by atoms with Gasteiger partial charge in [0.1, 0.15) is 17.8 Å². The molecule has 4 N–H and O–H groups in total. The molecule has 0 fully saturated rings. The molecule has 140 valence electrons. The Balaban J connectivity index is 2.64. The molecular formula is C16H26N4O5. The molecule has 1 rings (SSSR count). The molecule has 1 heterocycles. The van der Waals surface area contributed by atoms with E-state index in [2.05, 4.69) is 20.8 Å². The minimum Gasteiger partial charge on any atom is -0.461 e. The van der Waals surface area contributed by atoms with Crippen LogP contribution in [0.3, 0.4) is 0 Å². The van der Waals surface area contributed by atoms with E-state index in [1.807, 2.05) is 13.8 Å². The zero-order valence-corrected chi connectivity index (χ0v) is 15.0. The van der Waals surface area contributed by atoms with Gasteiger partial charge in [0.15, 0.2) is 5.82 Å². The average Bonchev–Trinajstić information content (AvgIpc) is 3.00. The van der Waals surface area contributed by atoms with Crippen LogP contribution < -0.4 is 10.6 Å². The van der Waals surface area contributed by atoms with Crippen LogP contribution in [0.25, 0.3) is 0 Å². The summed E-state index contributed by atoms with van der Waals surface area (Å²) in [6, 6.07) is 0.523. The number of amides is 2. The third-order valence-electron chi connectivity index (χ3n) is 3.36. The summed E-state index contributed by atoms with van der Waals surface area (Å²) in [7, 11) is 0. The van der Waals surface area contributed by atoms with Crippen molar-refractivity contribution < 1.29 is 24.2 Å². The van der Waals surface area contributed by atoms with Crippen LogP contribution in [0, 0.1) is 5.92 Å². The number of rotatable bonds is 9. The number of aliphatic hydroxyl groups is 1. The standard InChI is InChI=1S/C16H26N4O5/c1-5-10(17-15(23)12(21)7-9(3)4)14(22)18-13-8-11(19-20-13)16(24)25-6-2/h8-10,12,21H,5-7H2,1-4H3,(H,17,23)(H2,18,19,20,22). The first-order valence-corrected chi connectivity index (χ1v) is 8.30. The zero-order chi connectivity index (χ0) is 19.0. The summed E-state index contributed by atoms with van der Waals surface area (Å²) in [4.78, 5) is 35.7. The number of ether oxygens (including phenoxy) is 1. The molecular weight excluding hydrogens is 328 g/mol. The number of aromatic amines is 1. The van der Waals surface area contributed by atoms with E-state index < -0.39 is 29.9 Å². The van der Waals surface area contributed by atoms with E-state index in [9.17, 15) is 19.5 Å². The van der Waals surface area contributed by atoms with Gasteiger partial charge in [0, 0.05) is 6.07 Å². The summed E-state index contributed by atoms with van der Waals surface area (Å²) in [6.45, 7) is 7.41. The molecule has 0 aromatic carbocycles. The number of anilines is 1. The van der Waals surface area contributed by atoms with E-state index in [4.69, 9.17) is 4.74 Å². The molecule has 1 aromatic heterocycles. The lowest BCUT2D eigenvalue weighted by atomic mass is 10.0. The smallest absolute Gasteiger partial charge is 0.356 e. The number of hydrogen-bond acceptors (Lipinski definition) is 6. The van der Waals surface area contributed by atoms with Gasteiger partial charge in [0.05, 0.1) is 6.61 Å². The zero-order valence-electron chi connectivity index (χ0n) is 15.0. The summed E-state index contributed by atoms with van der Waals surface area (Å²) in [5.74, 6) is -1.37. The van der Waals surface area contributed by atoms with Crippen molar-refractivity contribution in [2.24, 2.45) is 5.92 Å². The molecule has 0 saturated carbocycles. The van der Waals surface area contributed by atoms with Crippen LogP contribution >= 0.6 is 0 Å². The van der Waals surface area contributed by atoms with Crippen molar-refractivity contribution in [3.8, 4) is 0 Å². The topological polar surface area (TPSA) is 133 Å². The highest BCUT2D eigenvalue weighted by Crippen LogP contribution is 2.09. The predicted molar refractivity (Wildman–Crippen MR) is 90.9 cm³/mol. The number of H-pyrrole nitrogens is 1. The fourth-order valence-electron chi connectivity index (χ4n) is 2.09. The van der Waals surface area contributed by atoms with Crippen molar-refractivity contribution in [3.63, 3.8) is 0 Å². The number of nitrogens with zero attached hydrogens (tertiary/aromatic N) is 1. The molecule has 9 nitrogen and oxygen atoms in total. The van der Waals surface area contributed by atoms with Gasteiger partial charge in [-0.1, -0.05) is 20.8 Å². The fraction of sp³-hybridized carbons (Fsp3) is 0.625. The largest absolute Gasteiger partial charge is 0.461 e. The van der Waals surface area contributed by atoms with Crippen molar-refractivity contribution in [2.75, 3.05) is 11.9 Å². The SMILES string of the molecule is CCOC(=O)c1cc(NC(=O)C(CC)NC(=O)C(O)CC(C)C)n[nH]1. The highest BCUT2D eigenvalue weighted by molar-refractivity contribution is 5.98. The van der Waals surface area contributed by atoms with Gasteiger partial charge >= 0.3 is 5.97 Å². The van der Waals surface area contributed by atoms with E-state index in [1.54, 1.807) is 13.8 Å². The Hall–Kier alpha value is -2.42. The van der Waals surface area contributed by atoms with Crippen LogP contribution in [0.1, 0.15) is 51.0 Å². The predicted octanol–water partition coefficient (Wildman–Crippen LogP) is 0.827. The maximum atomic E-state index is 12.3. The second-order valence-electron chi connectivity index (χ2n) is 5.99. The van der Waals surface area contributed by atoms with Crippen LogP contribution in [-0.4, -0.2) is 51.8 Å². The van der Waals surface area contributed by atoms with E-state index >= 15 is 0 Å². The lowest BCUT2D eigenvalue weighted by molar-refractivity contribution is -0.133. The van der Waals surface area contributed by atoms with Crippen LogP contribution in [0.5, 0.6) is 0 Å². The summed E-state index contributed by atoms with van der Waals surface area (Å²) >= 11 is 0. The van der Waals surface area contributed by atoms with Gasteiger partial charge in [-0.2, -0.15) is 5.10 Å². The molecule has 0 bridgehead atoms. The number of carbonyl (C=O) groups is 3. The van der Waals surface area contributed by atoms with Crippen molar-refractivity contribution in [1.29, 1.82) is 0 Å². The van der Waals surface area contributed by atoms with Gasteiger partial charge in [-0.15, -0.1) is 0 Å². The Morgan fingerprint density at radius 1 is 1.28 bits per heavy atom. The van der Waals surface area contributed by atoms with Crippen LogP contribution in [0.2, 0.25) is 0 Å². The Kier molecular flexibility index (Phi) is 8.06. The summed E-state index contributed by atoms with van der Waals surface area (Å²) in [6.07, 6.45) is -0.518. The fourth-order valence-corrected chi connectivity index (χ4v) is 2.09. The van der Waals surface area contributed by atoms with Crippen molar-refractivity contribution in [2.45, 2.75) is 52.7 Å². The maximum Gasteiger partial charge on any atom is 0.356 e. The first-order chi connectivity index (χ1) is 11.8. The van der Waals surface area contributed by atoms with Crippen LogP contribution in [0.4, 0.5) is 5.82 Å². The third-order valence-corrected chi connectivity index (χ3v) is 3.36. The Morgan fingerprint density at radius 3 is 2.52 bits per heavy atom. The third kappa shape index (κ3) is 6.54. The molecule has 0 aliphatic rings. The molecule has 2 atom stereocenters. The lowest BCUT2D eigenvalue weighted by Gasteiger charge is -2.19. The molecule has 0 spiro atoms. The average molecular weight is 354 g/mol. The summed E-state index contributed by atoms with van der Waals surface area (Å²) in [5.41, 5.74) is 0.113. The van der Waals surface area contributed by atoms with Crippen molar-refractivity contribution in [3.05, 3.63) is 11.8 Å². The number of hydrogen-bond donors (Lipinski definition) is 4. The monoisotopic (exact) mass is 354 g/mol. The lowest BCUT2D eigenvalue weighted by Crippen LogP contribution is -2.47. The maximum absolute atomic E-state index is 12.3. The van der Waals surface area contributed by atoms with Crippen LogP contribution in [-0.2, 0) is 14.3 Å². The van der Waals surface area contributed by atoms with Gasteiger partial charge in [0.25, 0.3) is 0 Å².